The summed E-state index contributed by atoms with van der Waals surface area (Å²) < 4.78 is 2.06. The quantitative estimate of drug-likeness (QED) is 0.363. The molecule has 0 atom stereocenters. The van der Waals surface area contributed by atoms with E-state index in [4.69, 9.17) is 23.2 Å². The molecular weight excluding hydrogens is 391 g/mol. The Bertz CT molecular complexity index is 1130. The number of para-hydroxylation sites is 1. The maximum absolute atomic E-state index is 12.6. The van der Waals surface area contributed by atoms with E-state index in [0.29, 0.717) is 16.6 Å². The first-order chi connectivity index (χ1) is 13.2. The number of nitriles is 1. The number of carbonyl (C=O) groups excluding carboxylic acids is 1. The normalized spacial score (nSPS) is 12.2. The maximum Gasteiger partial charge on any atom is 0.178 e. The number of benzene rings is 2. The fourth-order valence-electron chi connectivity index (χ4n) is 3.06. The molecule has 0 aliphatic rings. The minimum atomic E-state index is -0.614. The van der Waals surface area contributed by atoms with Gasteiger partial charge in [-0.3, -0.25) is 4.79 Å². The molecule has 1 aromatic heterocycles. The van der Waals surface area contributed by atoms with Crippen LogP contribution in [0, 0.1) is 16.7 Å². The predicted molar refractivity (Wildman–Crippen MR) is 116 cm³/mol. The third kappa shape index (κ3) is 4.14. The zero-order valence-corrected chi connectivity index (χ0v) is 17.5. The van der Waals surface area contributed by atoms with E-state index < -0.39 is 5.41 Å². The van der Waals surface area contributed by atoms with Gasteiger partial charge in [0.05, 0.1) is 5.57 Å². The summed E-state index contributed by atoms with van der Waals surface area (Å²) in [5.74, 6) is -0.174. The van der Waals surface area contributed by atoms with E-state index in [1.165, 1.54) is 0 Å². The van der Waals surface area contributed by atoms with Crippen molar-refractivity contribution in [2.45, 2.75) is 27.3 Å². The van der Waals surface area contributed by atoms with Crippen molar-refractivity contribution >= 4 is 46.0 Å². The molecule has 0 aliphatic carbocycles. The summed E-state index contributed by atoms with van der Waals surface area (Å²) in [6.45, 7) is 5.99. The summed E-state index contributed by atoms with van der Waals surface area (Å²) in [4.78, 5) is 12.6. The van der Waals surface area contributed by atoms with Gasteiger partial charge in [-0.15, -0.1) is 0 Å². The Morgan fingerprint density at radius 2 is 1.89 bits per heavy atom. The molecule has 5 heteroatoms. The molecule has 0 bridgehead atoms. The van der Waals surface area contributed by atoms with Crippen LogP contribution in [0.2, 0.25) is 10.0 Å². The average molecular weight is 411 g/mol. The van der Waals surface area contributed by atoms with Crippen LogP contribution in [-0.2, 0) is 11.3 Å². The summed E-state index contributed by atoms with van der Waals surface area (Å²) in [5.41, 5.74) is 2.31. The number of allylic oxidation sites excluding steroid dienone is 1. The Morgan fingerprint density at radius 1 is 1.18 bits per heavy atom. The van der Waals surface area contributed by atoms with Crippen LogP contribution in [0.15, 0.2) is 54.2 Å². The topological polar surface area (TPSA) is 45.8 Å². The van der Waals surface area contributed by atoms with Crippen LogP contribution in [0.3, 0.4) is 0 Å². The first-order valence-electron chi connectivity index (χ1n) is 8.89. The van der Waals surface area contributed by atoms with E-state index in [9.17, 15) is 10.1 Å². The third-order valence-corrected chi connectivity index (χ3v) is 5.11. The lowest BCUT2D eigenvalue weighted by molar-refractivity contribution is -0.121. The van der Waals surface area contributed by atoms with E-state index in [2.05, 4.69) is 10.6 Å². The van der Waals surface area contributed by atoms with Crippen LogP contribution in [0.4, 0.5) is 0 Å². The van der Waals surface area contributed by atoms with Gasteiger partial charge in [-0.2, -0.15) is 5.26 Å². The van der Waals surface area contributed by atoms with Crippen LogP contribution in [0.5, 0.6) is 0 Å². The Morgan fingerprint density at radius 3 is 2.54 bits per heavy atom. The maximum atomic E-state index is 12.6. The summed E-state index contributed by atoms with van der Waals surface area (Å²) in [6.07, 6.45) is 3.62. The van der Waals surface area contributed by atoms with Crippen molar-refractivity contribution in [3.63, 3.8) is 0 Å². The SMILES string of the molecule is CC(C)(C)C(=O)/C(C#N)=C\c1cn(Cc2ccc(Cl)cc2Cl)c2ccccc12. The second-order valence-corrected chi connectivity index (χ2v) is 8.56. The molecule has 3 rings (SSSR count). The van der Waals surface area contributed by atoms with Crippen molar-refractivity contribution < 1.29 is 4.79 Å². The number of carbonyl (C=O) groups is 1. The van der Waals surface area contributed by atoms with Gasteiger partial charge in [0.1, 0.15) is 6.07 Å². The van der Waals surface area contributed by atoms with Crippen molar-refractivity contribution in [1.29, 1.82) is 5.26 Å². The minimum Gasteiger partial charge on any atom is -0.342 e. The fraction of sp³-hybridized carbons (Fsp3) is 0.217. The van der Waals surface area contributed by atoms with Crippen molar-refractivity contribution in [3.05, 3.63) is 75.4 Å². The molecule has 3 aromatic rings. The van der Waals surface area contributed by atoms with Crippen LogP contribution in [0.1, 0.15) is 31.9 Å². The summed E-state index contributed by atoms with van der Waals surface area (Å²) in [6, 6.07) is 15.4. The van der Waals surface area contributed by atoms with Gasteiger partial charge in [0.2, 0.25) is 0 Å². The molecule has 0 amide bonds. The Kier molecular flexibility index (Phi) is 5.65. The molecule has 0 saturated carbocycles. The van der Waals surface area contributed by atoms with E-state index >= 15 is 0 Å². The van der Waals surface area contributed by atoms with Gasteiger partial charge in [-0.25, -0.2) is 0 Å². The molecule has 142 valence electrons. The lowest BCUT2D eigenvalue weighted by Gasteiger charge is -2.15. The monoisotopic (exact) mass is 410 g/mol. The number of hydrogen-bond acceptors (Lipinski definition) is 2. The molecule has 0 spiro atoms. The molecule has 0 radical (unpaired) electrons. The van der Waals surface area contributed by atoms with Crippen molar-refractivity contribution in [1.82, 2.24) is 4.57 Å². The first-order valence-corrected chi connectivity index (χ1v) is 9.64. The van der Waals surface area contributed by atoms with Crippen molar-refractivity contribution in [2.24, 2.45) is 5.41 Å². The zero-order valence-electron chi connectivity index (χ0n) is 16.0. The molecule has 0 N–H and O–H groups in total. The Hall–Kier alpha value is -2.54. The van der Waals surface area contributed by atoms with Gasteiger partial charge in [0.25, 0.3) is 0 Å². The van der Waals surface area contributed by atoms with E-state index in [0.717, 1.165) is 22.0 Å². The molecule has 0 unspecified atom stereocenters. The molecular formula is C23H20Cl2N2O. The number of rotatable bonds is 4. The highest BCUT2D eigenvalue weighted by Gasteiger charge is 2.25. The summed E-state index contributed by atoms with van der Waals surface area (Å²) in [5, 5.41) is 11.7. The lowest BCUT2D eigenvalue weighted by Crippen LogP contribution is -2.21. The van der Waals surface area contributed by atoms with Gasteiger partial charge in [0, 0.05) is 44.7 Å². The standard InChI is InChI=1S/C23H20Cl2N2O/c1-23(2,3)22(28)16(12-26)10-17-14-27(21-7-5-4-6-19(17)21)13-15-8-9-18(24)11-20(15)25/h4-11,14H,13H2,1-3H3/b16-10-. The van der Waals surface area contributed by atoms with Crippen LogP contribution in [-0.4, -0.2) is 10.4 Å². The molecule has 2 aromatic carbocycles. The number of fused-ring (bicyclic) bond motifs is 1. The first kappa shape index (κ1) is 20.2. The molecule has 0 aliphatic heterocycles. The van der Waals surface area contributed by atoms with E-state index in [1.807, 2.05) is 63.4 Å². The number of aromatic nitrogens is 1. The van der Waals surface area contributed by atoms with Gasteiger partial charge >= 0.3 is 0 Å². The molecule has 1 heterocycles. The average Bonchev–Trinajstić information content (AvgIpc) is 2.98. The highest BCUT2D eigenvalue weighted by Crippen LogP contribution is 2.28. The third-order valence-electron chi connectivity index (χ3n) is 4.52. The number of nitrogens with zero attached hydrogens (tertiary/aromatic N) is 2. The molecule has 28 heavy (non-hydrogen) atoms. The number of ketones is 1. The van der Waals surface area contributed by atoms with Gasteiger partial charge in [-0.05, 0) is 29.8 Å². The van der Waals surface area contributed by atoms with Gasteiger partial charge in [-0.1, -0.05) is 68.2 Å². The summed E-state index contributed by atoms with van der Waals surface area (Å²) in [7, 11) is 0. The number of halogens is 2. The van der Waals surface area contributed by atoms with E-state index in [1.54, 1.807) is 12.1 Å². The lowest BCUT2D eigenvalue weighted by atomic mass is 9.86. The fourth-order valence-corrected chi connectivity index (χ4v) is 3.53. The Labute approximate surface area is 174 Å². The highest BCUT2D eigenvalue weighted by atomic mass is 35.5. The van der Waals surface area contributed by atoms with Crippen molar-refractivity contribution in [3.8, 4) is 6.07 Å². The summed E-state index contributed by atoms with van der Waals surface area (Å²) >= 11 is 12.3. The highest BCUT2D eigenvalue weighted by molar-refractivity contribution is 6.35. The van der Waals surface area contributed by atoms with E-state index in [-0.39, 0.29) is 11.4 Å². The molecule has 3 nitrogen and oxygen atoms in total. The Balaban J connectivity index is 2.10. The predicted octanol–water partition coefficient (Wildman–Crippen LogP) is 6.52. The van der Waals surface area contributed by atoms with Crippen LogP contribution in [0.25, 0.3) is 17.0 Å². The van der Waals surface area contributed by atoms with Crippen LogP contribution < -0.4 is 0 Å². The number of Topliss-reactive ketones (excluding diaryl/α,β-unsaturated/α-hetero) is 1. The van der Waals surface area contributed by atoms with Gasteiger partial charge in [0.15, 0.2) is 5.78 Å². The van der Waals surface area contributed by atoms with Crippen LogP contribution >= 0.6 is 23.2 Å². The smallest absolute Gasteiger partial charge is 0.178 e. The minimum absolute atomic E-state index is 0.153. The molecule has 0 saturated heterocycles. The second-order valence-electron chi connectivity index (χ2n) is 7.71. The second kappa shape index (κ2) is 7.83. The zero-order chi connectivity index (χ0) is 20.5. The number of hydrogen-bond donors (Lipinski definition) is 0. The van der Waals surface area contributed by atoms with Crippen molar-refractivity contribution in [2.75, 3.05) is 0 Å². The largest absolute Gasteiger partial charge is 0.342 e. The van der Waals surface area contributed by atoms with Gasteiger partial charge < -0.3 is 4.57 Å². The molecule has 0 fully saturated rings.